The van der Waals surface area contributed by atoms with Gasteiger partial charge in [0.05, 0.1) is 25.4 Å². The predicted octanol–water partition coefficient (Wildman–Crippen LogP) is 4.03. The van der Waals surface area contributed by atoms with Crippen LogP contribution in [0, 0.1) is 0 Å². The molecule has 5 nitrogen and oxygen atoms in total. The largest absolute Gasteiger partial charge is 0.444 e. The van der Waals surface area contributed by atoms with Gasteiger partial charge in [-0.2, -0.15) is 0 Å². The van der Waals surface area contributed by atoms with E-state index in [4.69, 9.17) is 13.9 Å². The highest BCUT2D eigenvalue weighted by molar-refractivity contribution is 6.74. The van der Waals surface area contributed by atoms with Crippen LogP contribution in [0.3, 0.4) is 0 Å². The number of rotatable bonds is 4. The number of alkyl carbamates (subject to hydrolysis) is 1. The number of hydrogen-bond acceptors (Lipinski definition) is 4. The lowest BCUT2D eigenvalue weighted by Gasteiger charge is -2.39. The Labute approximate surface area is 146 Å². The van der Waals surface area contributed by atoms with Crippen molar-refractivity contribution in [3.63, 3.8) is 0 Å². The van der Waals surface area contributed by atoms with Gasteiger partial charge in [0.1, 0.15) is 11.8 Å². The van der Waals surface area contributed by atoms with Gasteiger partial charge in [-0.25, -0.2) is 9.18 Å². The van der Waals surface area contributed by atoms with Crippen molar-refractivity contribution in [2.75, 3.05) is 13.2 Å². The third-order valence-electron chi connectivity index (χ3n) is 4.57. The molecular formula is C17H34FNO4Si. The second-order valence-electron chi connectivity index (χ2n) is 9.03. The Balaban J connectivity index is 2.45. The van der Waals surface area contributed by atoms with Crippen LogP contribution < -0.4 is 5.32 Å². The van der Waals surface area contributed by atoms with Crippen LogP contribution in [0.5, 0.6) is 0 Å². The molecule has 0 unspecified atom stereocenters. The zero-order chi connectivity index (χ0) is 18.8. The molecule has 0 saturated carbocycles. The van der Waals surface area contributed by atoms with Gasteiger partial charge in [-0.15, -0.1) is 0 Å². The number of carbonyl (C=O) groups excluding carboxylic acids is 1. The molecule has 0 aliphatic carbocycles. The van der Waals surface area contributed by atoms with Gasteiger partial charge in [-0.1, -0.05) is 20.8 Å². The van der Waals surface area contributed by atoms with Gasteiger partial charge in [0, 0.05) is 6.42 Å². The monoisotopic (exact) mass is 363 g/mol. The Morgan fingerprint density at radius 3 is 2.29 bits per heavy atom. The molecule has 0 aromatic carbocycles. The minimum atomic E-state index is -1.87. The second kappa shape index (κ2) is 7.70. The lowest BCUT2D eigenvalue weighted by molar-refractivity contribution is -0.0606. The molecule has 0 bridgehead atoms. The highest BCUT2D eigenvalue weighted by Crippen LogP contribution is 2.37. The highest BCUT2D eigenvalue weighted by Gasteiger charge is 2.39. The van der Waals surface area contributed by atoms with Gasteiger partial charge in [-0.05, 0) is 38.9 Å². The average molecular weight is 364 g/mol. The van der Waals surface area contributed by atoms with Gasteiger partial charge in [0.25, 0.3) is 0 Å². The average Bonchev–Trinajstić information content (AvgIpc) is 2.36. The van der Waals surface area contributed by atoms with Crippen molar-refractivity contribution in [2.45, 2.75) is 90.0 Å². The number of nitrogens with one attached hydrogen (secondary N) is 1. The van der Waals surface area contributed by atoms with E-state index >= 15 is 0 Å². The maximum absolute atomic E-state index is 14.4. The summed E-state index contributed by atoms with van der Waals surface area (Å²) in [7, 11) is -1.87. The van der Waals surface area contributed by atoms with E-state index in [2.05, 4.69) is 39.2 Å². The van der Waals surface area contributed by atoms with E-state index in [9.17, 15) is 9.18 Å². The van der Waals surface area contributed by atoms with Gasteiger partial charge >= 0.3 is 6.09 Å². The molecule has 1 amide bonds. The molecule has 0 spiro atoms. The van der Waals surface area contributed by atoms with E-state index in [-0.39, 0.29) is 24.2 Å². The summed E-state index contributed by atoms with van der Waals surface area (Å²) in [6, 6.07) is -0.677. The number of alkyl halides is 1. The van der Waals surface area contributed by atoms with Gasteiger partial charge in [0.2, 0.25) is 0 Å². The van der Waals surface area contributed by atoms with Crippen molar-refractivity contribution >= 4 is 14.4 Å². The number of carbonyl (C=O) groups is 1. The third-order valence-corrected chi connectivity index (χ3v) is 9.08. The summed E-state index contributed by atoms with van der Waals surface area (Å²) in [5.74, 6) is 0. The fraction of sp³-hybridized carbons (Fsp3) is 0.941. The molecule has 1 N–H and O–H groups in total. The first-order valence-corrected chi connectivity index (χ1v) is 11.5. The van der Waals surface area contributed by atoms with Crippen molar-refractivity contribution in [2.24, 2.45) is 0 Å². The standard InChI is InChI=1S/C17H34FNO4Si/c1-16(2,3)23-15(20)19-14-11-21-12(9-13(14)18)10-22-24(7,8)17(4,5)6/h12-14H,9-11H2,1-8H3,(H,19,20)/t12-,13-,14-/m0/s1. The fourth-order valence-corrected chi connectivity index (χ4v) is 3.09. The quantitative estimate of drug-likeness (QED) is 0.766. The van der Waals surface area contributed by atoms with E-state index < -0.39 is 32.2 Å². The lowest BCUT2D eigenvalue weighted by Crippen LogP contribution is -2.52. The van der Waals surface area contributed by atoms with Crippen molar-refractivity contribution in [3.8, 4) is 0 Å². The SMILES string of the molecule is CC(C)(C)OC(=O)N[C@H]1CO[C@H](CO[Si](C)(C)C(C)(C)C)C[C@@H]1F. The molecular weight excluding hydrogens is 329 g/mol. The van der Waals surface area contributed by atoms with Gasteiger partial charge < -0.3 is 19.2 Å². The minimum absolute atomic E-state index is 0.109. The summed E-state index contributed by atoms with van der Waals surface area (Å²) in [6.45, 7) is 16.7. The molecule has 1 aliphatic heterocycles. The molecule has 3 atom stereocenters. The topological polar surface area (TPSA) is 56.8 Å². The van der Waals surface area contributed by atoms with Crippen LogP contribution in [0.25, 0.3) is 0 Å². The summed E-state index contributed by atoms with van der Waals surface area (Å²) >= 11 is 0. The van der Waals surface area contributed by atoms with Crippen molar-refractivity contribution in [1.29, 1.82) is 0 Å². The van der Waals surface area contributed by atoms with Crippen LogP contribution >= 0.6 is 0 Å². The molecule has 1 fully saturated rings. The summed E-state index contributed by atoms with van der Waals surface area (Å²) in [4.78, 5) is 11.7. The highest BCUT2D eigenvalue weighted by atomic mass is 28.4. The van der Waals surface area contributed by atoms with E-state index in [0.29, 0.717) is 6.61 Å². The zero-order valence-electron chi connectivity index (χ0n) is 16.4. The summed E-state index contributed by atoms with van der Waals surface area (Å²) in [5.41, 5.74) is -0.606. The van der Waals surface area contributed by atoms with Crippen LogP contribution in [0.1, 0.15) is 48.0 Å². The minimum Gasteiger partial charge on any atom is -0.444 e. The number of halogens is 1. The first kappa shape index (κ1) is 21.4. The Morgan fingerprint density at radius 1 is 1.25 bits per heavy atom. The molecule has 0 aromatic heterocycles. The van der Waals surface area contributed by atoms with Crippen molar-refractivity contribution < 1.29 is 23.1 Å². The Kier molecular flexibility index (Phi) is 6.86. The van der Waals surface area contributed by atoms with E-state index in [1.807, 2.05) is 0 Å². The first-order chi connectivity index (χ1) is 10.7. The van der Waals surface area contributed by atoms with E-state index in [0.717, 1.165) is 0 Å². The molecule has 1 saturated heterocycles. The Bertz CT molecular complexity index is 431. The van der Waals surface area contributed by atoms with E-state index in [1.54, 1.807) is 20.8 Å². The van der Waals surface area contributed by atoms with Crippen molar-refractivity contribution in [3.05, 3.63) is 0 Å². The number of amides is 1. The second-order valence-corrected chi connectivity index (χ2v) is 13.8. The van der Waals surface area contributed by atoms with Crippen LogP contribution in [-0.4, -0.2) is 51.5 Å². The number of hydrogen-bond donors (Lipinski definition) is 1. The van der Waals surface area contributed by atoms with Crippen LogP contribution in [0.15, 0.2) is 0 Å². The van der Waals surface area contributed by atoms with Crippen LogP contribution in [-0.2, 0) is 13.9 Å². The smallest absolute Gasteiger partial charge is 0.408 e. The summed E-state index contributed by atoms with van der Waals surface area (Å²) in [5, 5.41) is 2.66. The Morgan fingerprint density at radius 2 is 1.83 bits per heavy atom. The number of ether oxygens (including phenoxy) is 2. The molecule has 142 valence electrons. The molecule has 7 heteroatoms. The van der Waals surface area contributed by atoms with Crippen LogP contribution in [0.4, 0.5) is 9.18 Å². The fourth-order valence-electron chi connectivity index (χ4n) is 2.05. The van der Waals surface area contributed by atoms with Gasteiger partial charge in [0.15, 0.2) is 8.32 Å². The van der Waals surface area contributed by atoms with Crippen LogP contribution in [0.2, 0.25) is 18.1 Å². The zero-order valence-corrected chi connectivity index (χ0v) is 17.4. The lowest BCUT2D eigenvalue weighted by atomic mass is 10.0. The molecule has 1 rings (SSSR count). The molecule has 0 aromatic rings. The maximum atomic E-state index is 14.4. The van der Waals surface area contributed by atoms with Crippen molar-refractivity contribution in [1.82, 2.24) is 5.32 Å². The predicted molar refractivity (Wildman–Crippen MR) is 95.6 cm³/mol. The molecule has 24 heavy (non-hydrogen) atoms. The normalized spacial score (nSPS) is 26.1. The molecule has 1 heterocycles. The molecule has 1 aliphatic rings. The maximum Gasteiger partial charge on any atom is 0.408 e. The summed E-state index contributed by atoms with van der Waals surface area (Å²) < 4.78 is 31.3. The van der Waals surface area contributed by atoms with E-state index in [1.165, 1.54) is 0 Å². The van der Waals surface area contributed by atoms with Gasteiger partial charge in [-0.3, -0.25) is 0 Å². The third kappa shape index (κ3) is 6.68. The summed E-state index contributed by atoms with van der Waals surface area (Å²) in [6.07, 6.45) is -1.84. The molecule has 0 radical (unpaired) electrons. The Hall–Kier alpha value is -0.663. The first-order valence-electron chi connectivity index (χ1n) is 8.60.